The van der Waals surface area contributed by atoms with Crippen molar-refractivity contribution in [3.05, 3.63) is 76.5 Å². The van der Waals surface area contributed by atoms with E-state index in [-0.39, 0.29) is 5.89 Å². The third-order valence-corrected chi connectivity index (χ3v) is 3.99. The van der Waals surface area contributed by atoms with Gasteiger partial charge in [-0.3, -0.25) is 9.59 Å². The monoisotopic (exact) mass is 399 g/mol. The minimum atomic E-state index is -1.15. The van der Waals surface area contributed by atoms with Crippen LogP contribution in [0.4, 0.5) is 4.39 Å². The third-order valence-electron chi connectivity index (χ3n) is 3.99. The zero-order valence-corrected chi connectivity index (χ0v) is 15.7. The van der Waals surface area contributed by atoms with E-state index in [1.54, 1.807) is 44.4 Å². The van der Waals surface area contributed by atoms with Crippen molar-refractivity contribution in [2.24, 2.45) is 0 Å². The Balaban J connectivity index is 1.77. The quantitative estimate of drug-likeness (QED) is 0.589. The largest absolute Gasteiger partial charge is 0.446 e. The summed E-state index contributed by atoms with van der Waals surface area (Å²) in [5, 5.41) is 3.93. The summed E-state index contributed by atoms with van der Waals surface area (Å²) in [5.41, 5.74) is 0.875. The van der Waals surface area contributed by atoms with Crippen LogP contribution in [0.5, 0.6) is 0 Å². The molecule has 3 aromatic rings. The van der Waals surface area contributed by atoms with Gasteiger partial charge in [0.25, 0.3) is 5.91 Å². The average Bonchev–Trinajstić information content (AvgIpc) is 3.07. The molecule has 1 atom stereocenters. The van der Waals surface area contributed by atoms with Gasteiger partial charge in [0.2, 0.25) is 12.0 Å². The SMILES string of the molecule is CN(C)C(=O)[C@@H](OC(=O)Cn1nc(-c2ccc(F)cc2)oc1=O)c1ccccc1. The number of hydrogen-bond acceptors (Lipinski definition) is 6. The first kappa shape index (κ1) is 20.0. The summed E-state index contributed by atoms with van der Waals surface area (Å²) in [7, 11) is 3.09. The second kappa shape index (κ2) is 8.51. The lowest BCUT2D eigenvalue weighted by Gasteiger charge is -2.21. The number of amides is 1. The van der Waals surface area contributed by atoms with Gasteiger partial charge in [-0.2, -0.15) is 4.68 Å². The lowest BCUT2D eigenvalue weighted by Crippen LogP contribution is -2.33. The molecular formula is C20H18FN3O5. The Morgan fingerprint density at radius 1 is 1.14 bits per heavy atom. The van der Waals surface area contributed by atoms with Gasteiger partial charge in [-0.25, -0.2) is 9.18 Å². The molecule has 1 heterocycles. The molecule has 0 fully saturated rings. The first-order valence-electron chi connectivity index (χ1n) is 8.64. The fourth-order valence-electron chi connectivity index (χ4n) is 2.53. The highest BCUT2D eigenvalue weighted by Crippen LogP contribution is 2.20. The van der Waals surface area contributed by atoms with Crippen LogP contribution >= 0.6 is 0 Å². The normalized spacial score (nSPS) is 11.7. The maximum atomic E-state index is 13.0. The van der Waals surface area contributed by atoms with E-state index in [9.17, 15) is 18.8 Å². The zero-order valence-electron chi connectivity index (χ0n) is 15.7. The van der Waals surface area contributed by atoms with Crippen molar-refractivity contribution in [3.63, 3.8) is 0 Å². The Kier molecular flexibility index (Phi) is 5.87. The van der Waals surface area contributed by atoms with E-state index >= 15 is 0 Å². The standard InChI is InChI=1S/C20H18FN3O5/c1-23(2)19(26)17(13-6-4-3-5-7-13)28-16(25)12-24-20(27)29-18(22-24)14-8-10-15(21)11-9-14/h3-11,17H,12H2,1-2H3/t17-/m0/s1. The molecule has 0 aliphatic rings. The summed E-state index contributed by atoms with van der Waals surface area (Å²) < 4.78 is 24.1. The maximum absolute atomic E-state index is 13.0. The Morgan fingerprint density at radius 2 is 1.79 bits per heavy atom. The molecule has 0 aliphatic heterocycles. The summed E-state index contributed by atoms with van der Waals surface area (Å²) in [6.45, 7) is -0.548. The summed E-state index contributed by atoms with van der Waals surface area (Å²) >= 11 is 0. The van der Waals surface area contributed by atoms with E-state index in [0.717, 1.165) is 4.68 Å². The minimum absolute atomic E-state index is 0.0632. The summed E-state index contributed by atoms with van der Waals surface area (Å²) in [4.78, 5) is 38.1. The Labute approximate surface area is 165 Å². The van der Waals surface area contributed by atoms with Crippen LogP contribution in [-0.2, 0) is 20.9 Å². The number of carbonyl (C=O) groups is 2. The molecule has 2 aromatic carbocycles. The molecule has 0 N–H and O–H groups in total. The molecule has 0 unspecified atom stereocenters. The van der Waals surface area contributed by atoms with Gasteiger partial charge in [0.1, 0.15) is 12.4 Å². The summed E-state index contributed by atoms with van der Waals surface area (Å²) in [6.07, 6.45) is -1.15. The lowest BCUT2D eigenvalue weighted by molar-refractivity contribution is -0.160. The van der Waals surface area contributed by atoms with E-state index in [1.165, 1.54) is 29.2 Å². The topological polar surface area (TPSA) is 94.6 Å². The van der Waals surface area contributed by atoms with Gasteiger partial charge in [0.15, 0.2) is 0 Å². The third kappa shape index (κ3) is 4.75. The van der Waals surface area contributed by atoms with Gasteiger partial charge in [-0.05, 0) is 24.3 Å². The summed E-state index contributed by atoms with van der Waals surface area (Å²) in [6, 6.07) is 13.7. The maximum Gasteiger partial charge on any atom is 0.437 e. The molecule has 0 aliphatic carbocycles. The van der Waals surface area contributed by atoms with Crippen molar-refractivity contribution in [2.75, 3.05) is 14.1 Å². The Morgan fingerprint density at radius 3 is 2.41 bits per heavy atom. The number of aromatic nitrogens is 2. The molecule has 0 spiro atoms. The number of benzene rings is 2. The highest BCUT2D eigenvalue weighted by atomic mass is 19.1. The van der Waals surface area contributed by atoms with Crippen LogP contribution in [0.25, 0.3) is 11.5 Å². The molecule has 8 nitrogen and oxygen atoms in total. The molecule has 150 valence electrons. The molecule has 29 heavy (non-hydrogen) atoms. The van der Waals surface area contributed by atoms with Gasteiger partial charge < -0.3 is 14.1 Å². The zero-order chi connectivity index (χ0) is 21.0. The minimum Gasteiger partial charge on any atom is -0.446 e. The number of hydrogen-bond donors (Lipinski definition) is 0. The van der Waals surface area contributed by atoms with E-state index in [4.69, 9.17) is 9.15 Å². The van der Waals surface area contributed by atoms with Crippen LogP contribution in [0.1, 0.15) is 11.7 Å². The van der Waals surface area contributed by atoms with Crippen LogP contribution in [-0.4, -0.2) is 40.7 Å². The number of likely N-dealkylation sites (N-methyl/N-ethyl adjacent to an activating group) is 1. The number of nitrogens with zero attached hydrogens (tertiary/aromatic N) is 3. The van der Waals surface area contributed by atoms with Crippen molar-refractivity contribution in [1.29, 1.82) is 0 Å². The molecule has 0 saturated carbocycles. The van der Waals surface area contributed by atoms with Crippen molar-refractivity contribution in [1.82, 2.24) is 14.7 Å². The number of ether oxygens (including phenoxy) is 1. The van der Waals surface area contributed by atoms with Crippen LogP contribution in [0, 0.1) is 5.82 Å². The molecule has 3 rings (SSSR count). The molecule has 0 saturated heterocycles. The predicted octanol–water partition coefficient (Wildman–Crippen LogP) is 2.02. The number of rotatable bonds is 6. The lowest BCUT2D eigenvalue weighted by atomic mass is 10.1. The average molecular weight is 399 g/mol. The van der Waals surface area contributed by atoms with Crippen LogP contribution < -0.4 is 5.76 Å². The van der Waals surface area contributed by atoms with Crippen molar-refractivity contribution in [2.45, 2.75) is 12.6 Å². The fraction of sp³-hybridized carbons (Fsp3) is 0.200. The van der Waals surface area contributed by atoms with Crippen LogP contribution in [0.3, 0.4) is 0 Å². The molecule has 1 amide bonds. The Hall–Kier alpha value is -3.75. The number of halogens is 1. The second-order valence-corrected chi connectivity index (χ2v) is 6.35. The van der Waals surface area contributed by atoms with Gasteiger partial charge in [-0.1, -0.05) is 30.3 Å². The molecular weight excluding hydrogens is 381 g/mol. The van der Waals surface area contributed by atoms with Gasteiger partial charge in [-0.15, -0.1) is 5.10 Å². The first-order valence-corrected chi connectivity index (χ1v) is 8.64. The van der Waals surface area contributed by atoms with Gasteiger partial charge in [0, 0.05) is 25.2 Å². The van der Waals surface area contributed by atoms with Crippen molar-refractivity contribution in [3.8, 4) is 11.5 Å². The smallest absolute Gasteiger partial charge is 0.437 e. The predicted molar refractivity (Wildman–Crippen MR) is 100 cm³/mol. The molecule has 9 heteroatoms. The van der Waals surface area contributed by atoms with Gasteiger partial charge >= 0.3 is 11.7 Å². The highest BCUT2D eigenvalue weighted by molar-refractivity contribution is 5.84. The molecule has 0 bridgehead atoms. The van der Waals surface area contributed by atoms with Crippen molar-refractivity contribution < 1.29 is 23.1 Å². The number of carbonyl (C=O) groups excluding carboxylic acids is 2. The van der Waals surface area contributed by atoms with E-state index in [0.29, 0.717) is 11.1 Å². The number of esters is 1. The van der Waals surface area contributed by atoms with E-state index in [2.05, 4.69) is 5.10 Å². The van der Waals surface area contributed by atoms with Crippen LogP contribution in [0.15, 0.2) is 63.8 Å². The van der Waals surface area contributed by atoms with E-state index in [1.807, 2.05) is 0 Å². The summed E-state index contributed by atoms with van der Waals surface area (Å²) in [5.74, 6) is -2.65. The van der Waals surface area contributed by atoms with E-state index < -0.39 is 36.1 Å². The van der Waals surface area contributed by atoms with Crippen molar-refractivity contribution >= 4 is 11.9 Å². The Bertz CT molecular complexity index is 1060. The highest BCUT2D eigenvalue weighted by Gasteiger charge is 2.27. The first-order chi connectivity index (χ1) is 13.8. The van der Waals surface area contributed by atoms with Gasteiger partial charge in [0.05, 0.1) is 0 Å². The molecule has 0 radical (unpaired) electrons. The van der Waals surface area contributed by atoms with Crippen LogP contribution in [0.2, 0.25) is 0 Å². The fourth-order valence-corrected chi connectivity index (χ4v) is 2.53. The second-order valence-electron chi connectivity index (χ2n) is 6.35. The molecule has 1 aromatic heterocycles.